The van der Waals surface area contributed by atoms with Crippen LogP contribution in [-0.4, -0.2) is 36.6 Å². The van der Waals surface area contributed by atoms with Gasteiger partial charge in [-0.2, -0.15) is 0 Å². The summed E-state index contributed by atoms with van der Waals surface area (Å²) in [5, 5.41) is 30.0. The molecular formula is C21H22O8. The van der Waals surface area contributed by atoms with Gasteiger partial charge >= 0.3 is 0 Å². The molecule has 0 unspecified atom stereocenters. The van der Waals surface area contributed by atoms with Crippen LogP contribution in [0.15, 0.2) is 15.3 Å². The third-order valence-corrected chi connectivity index (χ3v) is 5.02. The van der Waals surface area contributed by atoms with Crippen LogP contribution in [0.4, 0.5) is 0 Å². The van der Waals surface area contributed by atoms with Gasteiger partial charge in [-0.3, -0.25) is 4.79 Å². The smallest absolute Gasteiger partial charge is 0.239 e. The van der Waals surface area contributed by atoms with Crippen molar-refractivity contribution >= 4 is 11.0 Å². The van der Waals surface area contributed by atoms with E-state index in [0.29, 0.717) is 22.6 Å². The highest BCUT2D eigenvalue weighted by molar-refractivity contribution is 5.93. The quantitative estimate of drug-likeness (QED) is 0.567. The largest absolute Gasteiger partial charge is 0.504 e. The molecule has 0 amide bonds. The fourth-order valence-corrected chi connectivity index (χ4v) is 3.56. The summed E-state index contributed by atoms with van der Waals surface area (Å²) in [5.41, 5.74) is 1.33. The minimum Gasteiger partial charge on any atom is -0.504 e. The van der Waals surface area contributed by atoms with Gasteiger partial charge in [0, 0.05) is 22.3 Å². The molecule has 0 saturated heterocycles. The van der Waals surface area contributed by atoms with Crippen LogP contribution in [0.5, 0.6) is 34.5 Å². The van der Waals surface area contributed by atoms with Gasteiger partial charge in [0.1, 0.15) is 22.5 Å². The van der Waals surface area contributed by atoms with Crippen molar-refractivity contribution in [3.63, 3.8) is 0 Å². The Hall–Kier alpha value is -3.55. The third-order valence-electron chi connectivity index (χ3n) is 5.02. The zero-order valence-corrected chi connectivity index (χ0v) is 17.0. The molecule has 1 aromatic heterocycles. The van der Waals surface area contributed by atoms with Crippen LogP contribution < -0.4 is 19.6 Å². The van der Waals surface area contributed by atoms with Gasteiger partial charge in [-0.1, -0.05) is 0 Å². The lowest BCUT2D eigenvalue weighted by Crippen LogP contribution is -2.11. The number of aromatic hydroxyl groups is 3. The standard InChI is InChI=1S/C21H22O8/c1-8-11(7-12(22)15(24)14(8)23)20-21(28-6)16(25)13-18(27-5)9(2)17(26-4)10(3)19(13)29-20/h7,22-24H,1-6H3. The van der Waals surface area contributed by atoms with E-state index in [0.717, 1.165) is 0 Å². The number of phenolic OH excluding ortho intramolecular Hbond substituents is 3. The Morgan fingerprint density at radius 1 is 0.793 bits per heavy atom. The van der Waals surface area contributed by atoms with Gasteiger partial charge in [-0.15, -0.1) is 0 Å². The molecule has 0 atom stereocenters. The summed E-state index contributed by atoms with van der Waals surface area (Å²) >= 11 is 0. The third kappa shape index (κ3) is 2.79. The zero-order chi connectivity index (χ0) is 21.6. The summed E-state index contributed by atoms with van der Waals surface area (Å²) in [5.74, 6) is -1.10. The van der Waals surface area contributed by atoms with Crippen molar-refractivity contribution in [3.8, 4) is 45.8 Å². The average Bonchev–Trinajstić information content (AvgIpc) is 2.70. The second kappa shape index (κ2) is 7.12. The van der Waals surface area contributed by atoms with Gasteiger partial charge in [-0.25, -0.2) is 0 Å². The second-order valence-electron chi connectivity index (χ2n) is 6.58. The van der Waals surface area contributed by atoms with Crippen molar-refractivity contribution in [1.82, 2.24) is 0 Å². The van der Waals surface area contributed by atoms with Crippen LogP contribution >= 0.6 is 0 Å². The predicted molar refractivity (Wildman–Crippen MR) is 107 cm³/mol. The molecular weight excluding hydrogens is 380 g/mol. The van der Waals surface area contributed by atoms with E-state index in [4.69, 9.17) is 18.6 Å². The number of benzene rings is 2. The molecule has 29 heavy (non-hydrogen) atoms. The normalized spacial score (nSPS) is 11.0. The molecule has 0 aliphatic rings. The Bertz CT molecular complexity index is 1190. The average molecular weight is 402 g/mol. The monoisotopic (exact) mass is 402 g/mol. The number of hydrogen-bond donors (Lipinski definition) is 3. The van der Waals surface area contributed by atoms with Crippen LogP contribution in [-0.2, 0) is 0 Å². The summed E-state index contributed by atoms with van der Waals surface area (Å²) in [6.45, 7) is 5.02. The van der Waals surface area contributed by atoms with Gasteiger partial charge in [0.2, 0.25) is 16.9 Å². The van der Waals surface area contributed by atoms with E-state index < -0.39 is 22.7 Å². The van der Waals surface area contributed by atoms with Crippen LogP contribution in [0.2, 0.25) is 0 Å². The molecule has 3 N–H and O–H groups in total. The molecule has 1 heterocycles. The van der Waals surface area contributed by atoms with Crippen molar-refractivity contribution in [2.45, 2.75) is 20.8 Å². The number of fused-ring (bicyclic) bond motifs is 1. The minimum absolute atomic E-state index is 0.0100. The molecule has 8 nitrogen and oxygen atoms in total. The molecule has 8 heteroatoms. The zero-order valence-electron chi connectivity index (χ0n) is 17.0. The summed E-state index contributed by atoms with van der Waals surface area (Å²) in [6.07, 6.45) is 0. The van der Waals surface area contributed by atoms with E-state index in [9.17, 15) is 20.1 Å². The lowest BCUT2D eigenvalue weighted by Gasteiger charge is -2.18. The van der Waals surface area contributed by atoms with Crippen molar-refractivity contribution in [3.05, 3.63) is 33.0 Å². The second-order valence-corrected chi connectivity index (χ2v) is 6.58. The van der Waals surface area contributed by atoms with Gasteiger partial charge in [-0.05, 0) is 26.8 Å². The summed E-state index contributed by atoms with van der Waals surface area (Å²) in [4.78, 5) is 13.3. The Morgan fingerprint density at radius 3 is 1.93 bits per heavy atom. The maximum atomic E-state index is 13.3. The molecule has 0 radical (unpaired) electrons. The van der Waals surface area contributed by atoms with E-state index in [2.05, 4.69) is 0 Å². The summed E-state index contributed by atoms with van der Waals surface area (Å²) in [7, 11) is 4.26. The Kier molecular flexibility index (Phi) is 4.96. The van der Waals surface area contributed by atoms with Crippen LogP contribution in [0.3, 0.4) is 0 Å². The lowest BCUT2D eigenvalue weighted by molar-refractivity contribution is 0.365. The van der Waals surface area contributed by atoms with Gasteiger partial charge < -0.3 is 33.9 Å². The Morgan fingerprint density at radius 2 is 1.38 bits per heavy atom. The number of rotatable bonds is 4. The first-order chi connectivity index (χ1) is 13.7. The first-order valence-corrected chi connectivity index (χ1v) is 8.70. The Labute approximate surface area is 166 Å². The highest BCUT2D eigenvalue weighted by atomic mass is 16.5. The molecule has 0 fully saturated rings. The summed E-state index contributed by atoms with van der Waals surface area (Å²) in [6, 6.07) is 1.19. The number of phenols is 3. The van der Waals surface area contributed by atoms with Gasteiger partial charge in [0.25, 0.3) is 0 Å². The molecule has 0 aliphatic heterocycles. The molecule has 3 aromatic rings. The topological polar surface area (TPSA) is 119 Å². The lowest BCUT2D eigenvalue weighted by atomic mass is 10.00. The first kappa shape index (κ1) is 20.2. The van der Waals surface area contributed by atoms with Crippen molar-refractivity contribution in [1.29, 1.82) is 0 Å². The molecule has 0 saturated carbocycles. The maximum absolute atomic E-state index is 13.3. The summed E-state index contributed by atoms with van der Waals surface area (Å²) < 4.78 is 22.3. The molecule has 0 bridgehead atoms. The SMILES string of the molecule is COc1c(C)c(OC)c2c(=O)c(OC)c(-c3cc(O)c(O)c(O)c3C)oc2c1C. The highest BCUT2D eigenvalue weighted by Crippen LogP contribution is 2.46. The van der Waals surface area contributed by atoms with Crippen molar-refractivity contribution in [2.24, 2.45) is 0 Å². The number of aryl methyl sites for hydroxylation is 1. The van der Waals surface area contributed by atoms with Crippen LogP contribution in [0.25, 0.3) is 22.3 Å². The molecule has 3 rings (SSSR count). The molecule has 2 aromatic carbocycles. The van der Waals surface area contributed by atoms with Crippen molar-refractivity contribution < 1.29 is 33.9 Å². The van der Waals surface area contributed by atoms with E-state index in [1.54, 1.807) is 13.8 Å². The van der Waals surface area contributed by atoms with Crippen molar-refractivity contribution in [2.75, 3.05) is 21.3 Å². The maximum Gasteiger partial charge on any atom is 0.239 e. The first-order valence-electron chi connectivity index (χ1n) is 8.70. The molecule has 0 aliphatic carbocycles. The van der Waals surface area contributed by atoms with E-state index >= 15 is 0 Å². The molecule has 0 spiro atoms. The number of hydrogen-bond acceptors (Lipinski definition) is 8. The molecule has 154 valence electrons. The van der Waals surface area contributed by atoms with Gasteiger partial charge in [0.05, 0.1) is 21.3 Å². The minimum atomic E-state index is -0.663. The van der Waals surface area contributed by atoms with E-state index in [1.807, 2.05) is 0 Å². The highest BCUT2D eigenvalue weighted by Gasteiger charge is 2.27. The fraction of sp³-hybridized carbons (Fsp3) is 0.286. The predicted octanol–water partition coefficient (Wildman–Crippen LogP) is 3.53. The fourth-order valence-electron chi connectivity index (χ4n) is 3.56. The van der Waals surface area contributed by atoms with E-state index in [1.165, 1.54) is 34.3 Å². The van der Waals surface area contributed by atoms with Gasteiger partial charge in [0.15, 0.2) is 17.3 Å². The number of ether oxygens (including phenoxy) is 3. The van der Waals surface area contributed by atoms with E-state index in [-0.39, 0.29) is 33.6 Å². The van der Waals surface area contributed by atoms with Crippen LogP contribution in [0, 0.1) is 20.8 Å². The number of methoxy groups -OCH3 is 3. The Balaban J connectivity index is 2.57. The van der Waals surface area contributed by atoms with Crippen LogP contribution in [0.1, 0.15) is 16.7 Å².